The Balaban J connectivity index is 3.16. The van der Waals surface area contributed by atoms with Gasteiger partial charge in [-0.15, -0.1) is 0 Å². The number of methoxy groups -OCH3 is 1. The zero-order valence-corrected chi connectivity index (χ0v) is 6.94. The highest BCUT2D eigenvalue weighted by Gasteiger charge is 2.17. The summed E-state index contributed by atoms with van der Waals surface area (Å²) in [7, 11) is 1.30. The van der Waals surface area contributed by atoms with Gasteiger partial charge in [-0.1, -0.05) is 0 Å². The van der Waals surface area contributed by atoms with Gasteiger partial charge in [0.25, 0.3) is 0 Å². The molecule has 0 aliphatic heterocycles. The molecule has 0 spiro atoms. The summed E-state index contributed by atoms with van der Waals surface area (Å²) in [6.07, 6.45) is 1.45. The molecule has 0 fully saturated rings. The number of hydrogen-bond donors (Lipinski definition) is 1. The lowest BCUT2D eigenvalue weighted by Gasteiger charge is -1.98. The van der Waals surface area contributed by atoms with Gasteiger partial charge in [-0.2, -0.15) is 0 Å². The number of rotatable bonds is 1. The molecule has 0 bridgehead atoms. The second-order valence-electron chi connectivity index (χ2n) is 2.34. The lowest BCUT2D eigenvalue weighted by molar-refractivity contribution is -0.908. The zero-order valence-electron chi connectivity index (χ0n) is 6.94. The van der Waals surface area contributed by atoms with Crippen LogP contribution in [0.5, 0.6) is 0 Å². The van der Waals surface area contributed by atoms with Crippen molar-refractivity contribution in [2.24, 2.45) is 0 Å². The van der Waals surface area contributed by atoms with E-state index in [1.54, 1.807) is 19.1 Å². The lowest BCUT2D eigenvalue weighted by Crippen LogP contribution is -2.35. The average Bonchev–Trinajstić information content (AvgIpc) is 2.08. The second kappa shape index (κ2) is 3.21. The Morgan fingerprint density at radius 1 is 1.67 bits per heavy atom. The maximum atomic E-state index is 11.0. The number of esters is 1. The van der Waals surface area contributed by atoms with E-state index in [9.17, 15) is 4.79 Å². The highest BCUT2D eigenvalue weighted by Crippen LogP contribution is 2.02. The van der Waals surface area contributed by atoms with E-state index < -0.39 is 5.97 Å². The maximum Gasteiger partial charge on any atom is 0.344 e. The van der Waals surface area contributed by atoms with E-state index >= 15 is 0 Å². The Kier molecular flexibility index (Phi) is 2.28. The van der Waals surface area contributed by atoms with Crippen molar-refractivity contribution in [1.29, 1.82) is 0 Å². The van der Waals surface area contributed by atoms with Crippen LogP contribution in [0.1, 0.15) is 16.1 Å². The van der Waals surface area contributed by atoms with Gasteiger partial charge in [0, 0.05) is 17.7 Å². The van der Waals surface area contributed by atoms with Crippen LogP contribution in [0.2, 0.25) is 0 Å². The van der Waals surface area contributed by atoms with Crippen LogP contribution < -0.4 is 4.73 Å². The highest BCUT2D eigenvalue weighted by molar-refractivity contribution is 5.89. The number of carbonyl (C=O) groups excluding carboxylic acids is 1. The summed E-state index contributed by atoms with van der Waals surface area (Å²) < 4.78 is 5.39. The highest BCUT2D eigenvalue weighted by atomic mass is 16.5. The largest absolute Gasteiger partial charge is 0.465 e. The van der Waals surface area contributed by atoms with Crippen LogP contribution in [0.3, 0.4) is 0 Å². The Bertz CT molecular complexity index is 309. The minimum atomic E-state index is -0.448. The fourth-order valence-corrected chi connectivity index (χ4v) is 0.902. The topological polar surface area (TPSA) is 50.4 Å². The lowest BCUT2D eigenvalue weighted by atomic mass is 10.2. The van der Waals surface area contributed by atoms with E-state index in [1.165, 1.54) is 13.3 Å². The van der Waals surface area contributed by atoms with Gasteiger partial charge < -0.3 is 4.74 Å². The first-order valence-electron chi connectivity index (χ1n) is 3.45. The van der Waals surface area contributed by atoms with Crippen molar-refractivity contribution in [3.05, 3.63) is 29.6 Å². The van der Waals surface area contributed by atoms with Crippen LogP contribution >= 0.6 is 0 Å². The maximum absolute atomic E-state index is 11.0. The van der Waals surface area contributed by atoms with Crippen molar-refractivity contribution < 1.29 is 19.5 Å². The van der Waals surface area contributed by atoms with Crippen LogP contribution in [-0.2, 0) is 4.74 Å². The van der Waals surface area contributed by atoms with E-state index in [0.717, 1.165) is 4.73 Å². The molecule has 1 aromatic rings. The minimum Gasteiger partial charge on any atom is -0.465 e. The molecule has 12 heavy (non-hydrogen) atoms. The summed E-state index contributed by atoms with van der Waals surface area (Å²) in [6.45, 7) is 1.63. The Labute approximate surface area is 70.0 Å². The monoisotopic (exact) mass is 168 g/mol. The van der Waals surface area contributed by atoms with Crippen LogP contribution in [0.4, 0.5) is 0 Å². The molecule has 4 heteroatoms. The van der Waals surface area contributed by atoms with Crippen LogP contribution in [0, 0.1) is 6.92 Å². The van der Waals surface area contributed by atoms with Gasteiger partial charge in [-0.25, -0.2) is 4.79 Å². The molecule has 1 aromatic heterocycles. The summed E-state index contributed by atoms with van der Waals surface area (Å²) >= 11 is 0. The molecular formula is C8H10NO3+. The van der Waals surface area contributed by atoms with Crippen LogP contribution in [0.25, 0.3) is 0 Å². The standard InChI is InChI=1S/C8H10NO3/c1-6-7(8(10)12-2)4-3-5-9(6)11/h3-5,11H,1-2H3/q+1. The van der Waals surface area contributed by atoms with Crippen molar-refractivity contribution in [2.75, 3.05) is 7.11 Å². The van der Waals surface area contributed by atoms with E-state index in [-0.39, 0.29) is 0 Å². The molecule has 0 aliphatic carbocycles. The smallest absolute Gasteiger partial charge is 0.344 e. The number of ether oxygens (including phenoxy) is 1. The van der Waals surface area contributed by atoms with E-state index in [4.69, 9.17) is 5.21 Å². The number of aromatic nitrogens is 1. The van der Waals surface area contributed by atoms with Crippen LogP contribution in [0.15, 0.2) is 18.3 Å². The SMILES string of the molecule is COC(=O)c1ccc[n+](O)c1C. The Hall–Kier alpha value is -1.58. The first-order chi connectivity index (χ1) is 5.66. The Morgan fingerprint density at radius 3 is 2.92 bits per heavy atom. The molecule has 0 amide bonds. The molecule has 1 N–H and O–H groups in total. The minimum absolute atomic E-state index is 0.363. The van der Waals surface area contributed by atoms with Crippen molar-refractivity contribution in [3.8, 4) is 0 Å². The molecule has 4 nitrogen and oxygen atoms in total. The van der Waals surface area contributed by atoms with Crippen LogP contribution in [-0.4, -0.2) is 18.3 Å². The van der Waals surface area contributed by atoms with Gasteiger partial charge in [-0.3, -0.25) is 5.21 Å². The molecule has 1 heterocycles. The predicted molar refractivity (Wildman–Crippen MR) is 39.9 cm³/mol. The fourth-order valence-electron chi connectivity index (χ4n) is 0.902. The molecule has 0 aromatic carbocycles. The molecule has 0 radical (unpaired) electrons. The molecule has 1 rings (SSSR count). The predicted octanol–water partition coefficient (Wildman–Crippen LogP) is 0.306. The number of carbonyl (C=O) groups is 1. The molecule has 0 aliphatic rings. The van der Waals surface area contributed by atoms with Gasteiger partial charge in [0.1, 0.15) is 5.56 Å². The first-order valence-corrected chi connectivity index (χ1v) is 3.45. The summed E-state index contributed by atoms with van der Waals surface area (Å²) in [5.41, 5.74) is 0.826. The third-order valence-corrected chi connectivity index (χ3v) is 1.63. The summed E-state index contributed by atoms with van der Waals surface area (Å²) in [5.74, 6) is -0.448. The number of pyridine rings is 1. The molecule has 0 atom stereocenters. The third-order valence-electron chi connectivity index (χ3n) is 1.63. The molecule has 0 saturated heterocycles. The average molecular weight is 168 g/mol. The van der Waals surface area contributed by atoms with E-state index in [0.29, 0.717) is 11.3 Å². The normalized spacial score (nSPS) is 9.50. The molecule has 64 valence electrons. The molecule has 0 saturated carbocycles. The second-order valence-corrected chi connectivity index (χ2v) is 2.34. The van der Waals surface area contributed by atoms with Crippen molar-refractivity contribution in [2.45, 2.75) is 6.92 Å². The van der Waals surface area contributed by atoms with Gasteiger partial charge in [0.15, 0.2) is 0 Å². The van der Waals surface area contributed by atoms with Crippen molar-refractivity contribution in [3.63, 3.8) is 0 Å². The zero-order chi connectivity index (χ0) is 9.14. The first kappa shape index (κ1) is 8.52. The van der Waals surface area contributed by atoms with Gasteiger partial charge in [0.05, 0.1) is 7.11 Å². The summed E-state index contributed by atoms with van der Waals surface area (Å²) in [5, 5.41) is 9.15. The van der Waals surface area contributed by atoms with E-state index in [2.05, 4.69) is 4.74 Å². The molecule has 0 unspecified atom stereocenters. The van der Waals surface area contributed by atoms with Crippen molar-refractivity contribution in [1.82, 2.24) is 0 Å². The number of hydrogen-bond acceptors (Lipinski definition) is 3. The van der Waals surface area contributed by atoms with Gasteiger partial charge in [0.2, 0.25) is 11.9 Å². The van der Waals surface area contributed by atoms with Gasteiger partial charge >= 0.3 is 5.97 Å². The van der Waals surface area contributed by atoms with Crippen molar-refractivity contribution >= 4 is 5.97 Å². The fraction of sp³-hybridized carbons (Fsp3) is 0.250. The third kappa shape index (κ3) is 1.37. The summed E-state index contributed by atoms with van der Waals surface area (Å²) in [6, 6.07) is 3.16. The van der Waals surface area contributed by atoms with E-state index in [1.807, 2.05) is 0 Å². The molecular weight excluding hydrogens is 158 g/mol. The Morgan fingerprint density at radius 2 is 2.33 bits per heavy atom. The quantitative estimate of drug-likeness (QED) is 0.373. The summed E-state index contributed by atoms with van der Waals surface area (Å²) in [4.78, 5) is 11.0. The van der Waals surface area contributed by atoms with Gasteiger partial charge in [-0.05, 0) is 6.07 Å². The number of nitrogens with zero attached hydrogens (tertiary/aromatic N) is 1.